The Morgan fingerprint density at radius 3 is 2.81 bits per heavy atom. The Morgan fingerprint density at radius 2 is 2.15 bits per heavy atom. The van der Waals surface area contributed by atoms with Gasteiger partial charge in [0.2, 0.25) is 11.8 Å². The van der Waals surface area contributed by atoms with E-state index in [-0.39, 0.29) is 17.7 Å². The van der Waals surface area contributed by atoms with E-state index in [1.807, 2.05) is 39.2 Å². The van der Waals surface area contributed by atoms with E-state index in [2.05, 4.69) is 15.6 Å². The third-order valence-corrected chi connectivity index (χ3v) is 4.55. The van der Waals surface area contributed by atoms with Crippen molar-refractivity contribution in [3.8, 4) is 0 Å². The zero-order valence-corrected chi connectivity index (χ0v) is 15.7. The lowest BCUT2D eigenvalue weighted by Gasteiger charge is -2.27. The van der Waals surface area contributed by atoms with Gasteiger partial charge in [0.25, 0.3) is 0 Å². The van der Waals surface area contributed by atoms with Gasteiger partial charge in [-0.25, -0.2) is 4.98 Å². The molecule has 0 spiro atoms. The number of aromatic nitrogens is 1. The summed E-state index contributed by atoms with van der Waals surface area (Å²) in [6.45, 7) is 2.24. The Bertz CT molecular complexity index is 849. The number of aryl methyl sites for hydroxylation is 1. The number of likely N-dealkylation sites (N-methyl/N-ethyl adjacent to an activating group) is 1. The molecule has 0 radical (unpaired) electrons. The molecule has 1 aliphatic rings. The van der Waals surface area contributed by atoms with Crippen LogP contribution in [0, 0.1) is 6.92 Å². The SMILES string of the molecule is Cc1cc2c(cc1NC(=O)CN(C)C)NC(=O)CC2c1ccc(Cl)nc1. The fourth-order valence-electron chi connectivity index (χ4n) is 3.13. The average Bonchev–Trinajstić information content (AvgIpc) is 2.55. The van der Waals surface area contributed by atoms with E-state index in [0.29, 0.717) is 29.5 Å². The first-order chi connectivity index (χ1) is 12.3. The summed E-state index contributed by atoms with van der Waals surface area (Å²) in [6.07, 6.45) is 2.06. The number of halogens is 1. The molecule has 0 fully saturated rings. The van der Waals surface area contributed by atoms with Crippen LogP contribution in [-0.4, -0.2) is 42.3 Å². The van der Waals surface area contributed by atoms with Crippen LogP contribution in [0.4, 0.5) is 11.4 Å². The number of fused-ring (bicyclic) bond motifs is 1. The Morgan fingerprint density at radius 1 is 1.38 bits per heavy atom. The lowest BCUT2D eigenvalue weighted by Crippen LogP contribution is -2.28. The monoisotopic (exact) mass is 372 g/mol. The maximum Gasteiger partial charge on any atom is 0.238 e. The van der Waals surface area contributed by atoms with Gasteiger partial charge in [0.05, 0.1) is 6.54 Å². The number of nitrogens with one attached hydrogen (secondary N) is 2. The molecule has 0 saturated carbocycles. The van der Waals surface area contributed by atoms with E-state index in [1.54, 1.807) is 17.2 Å². The standard InChI is InChI=1S/C19H21ClN4O2/c1-11-6-14-13(12-4-5-17(20)21-9-12)7-18(25)23-16(14)8-15(11)22-19(26)10-24(2)3/h4-6,8-9,13H,7,10H2,1-3H3,(H,22,26)(H,23,25). The number of hydrogen-bond acceptors (Lipinski definition) is 4. The van der Waals surface area contributed by atoms with E-state index in [9.17, 15) is 9.59 Å². The minimum Gasteiger partial charge on any atom is -0.326 e. The van der Waals surface area contributed by atoms with E-state index in [0.717, 1.165) is 16.7 Å². The van der Waals surface area contributed by atoms with E-state index < -0.39 is 0 Å². The van der Waals surface area contributed by atoms with Crippen molar-refractivity contribution in [3.63, 3.8) is 0 Å². The zero-order valence-electron chi connectivity index (χ0n) is 15.0. The number of amides is 2. The van der Waals surface area contributed by atoms with Crippen LogP contribution in [0.3, 0.4) is 0 Å². The van der Waals surface area contributed by atoms with Gasteiger partial charge in [-0.3, -0.25) is 9.59 Å². The zero-order chi connectivity index (χ0) is 18.8. The van der Waals surface area contributed by atoms with E-state index >= 15 is 0 Å². The molecule has 1 aromatic carbocycles. The molecule has 1 aliphatic heterocycles. The van der Waals surface area contributed by atoms with Gasteiger partial charge >= 0.3 is 0 Å². The molecule has 1 aromatic heterocycles. The fourth-order valence-corrected chi connectivity index (χ4v) is 3.24. The lowest BCUT2D eigenvalue weighted by atomic mass is 9.84. The molecule has 0 bridgehead atoms. The second-order valence-corrected chi connectivity index (χ2v) is 7.15. The molecular formula is C19H21ClN4O2. The Labute approximate surface area is 157 Å². The van der Waals surface area contributed by atoms with Crippen molar-refractivity contribution in [2.45, 2.75) is 19.3 Å². The van der Waals surface area contributed by atoms with Crippen LogP contribution in [0.25, 0.3) is 0 Å². The maximum atomic E-state index is 12.2. The van der Waals surface area contributed by atoms with Crippen LogP contribution in [0.5, 0.6) is 0 Å². The van der Waals surface area contributed by atoms with Crippen LogP contribution in [0.2, 0.25) is 5.15 Å². The highest BCUT2D eigenvalue weighted by molar-refractivity contribution is 6.29. The second-order valence-electron chi connectivity index (χ2n) is 6.76. The van der Waals surface area contributed by atoms with Crippen LogP contribution >= 0.6 is 11.6 Å². The second kappa shape index (κ2) is 7.43. The van der Waals surface area contributed by atoms with Crippen LogP contribution in [0.1, 0.15) is 29.0 Å². The first-order valence-corrected chi connectivity index (χ1v) is 8.71. The number of anilines is 2. The summed E-state index contributed by atoms with van der Waals surface area (Å²) in [5.41, 5.74) is 4.31. The summed E-state index contributed by atoms with van der Waals surface area (Å²) in [5.74, 6) is -0.251. The Hall–Kier alpha value is -2.44. The van der Waals surface area contributed by atoms with E-state index in [1.165, 1.54) is 0 Å². The summed E-state index contributed by atoms with van der Waals surface area (Å²) < 4.78 is 0. The number of hydrogen-bond donors (Lipinski definition) is 2. The highest BCUT2D eigenvalue weighted by Gasteiger charge is 2.28. The van der Waals surface area contributed by atoms with Crippen molar-refractivity contribution in [3.05, 3.63) is 52.3 Å². The summed E-state index contributed by atoms with van der Waals surface area (Å²) in [5, 5.41) is 6.23. The number of rotatable bonds is 4. The molecule has 1 unspecified atom stereocenters. The molecule has 2 aromatic rings. The van der Waals surface area contributed by atoms with Gasteiger partial charge in [-0.15, -0.1) is 0 Å². The van der Waals surface area contributed by atoms with Crippen molar-refractivity contribution in [2.24, 2.45) is 0 Å². The lowest BCUT2D eigenvalue weighted by molar-refractivity contribution is -0.117. The van der Waals surface area contributed by atoms with Crippen molar-refractivity contribution in [2.75, 3.05) is 31.3 Å². The van der Waals surface area contributed by atoms with E-state index in [4.69, 9.17) is 11.6 Å². The molecular weight excluding hydrogens is 352 g/mol. The number of nitrogens with zero attached hydrogens (tertiary/aromatic N) is 2. The molecule has 0 saturated heterocycles. The average molecular weight is 373 g/mol. The van der Waals surface area contributed by atoms with Gasteiger partial charge in [-0.1, -0.05) is 23.7 Å². The first kappa shape index (κ1) is 18.4. The van der Waals surface area contributed by atoms with Crippen LogP contribution in [-0.2, 0) is 9.59 Å². The predicted molar refractivity (Wildman–Crippen MR) is 103 cm³/mol. The summed E-state index contributed by atoms with van der Waals surface area (Å²) in [6, 6.07) is 7.46. The molecule has 2 N–H and O–H groups in total. The highest BCUT2D eigenvalue weighted by atomic mass is 35.5. The summed E-state index contributed by atoms with van der Waals surface area (Å²) in [4.78, 5) is 30.2. The van der Waals surface area contributed by atoms with Gasteiger partial charge in [0.15, 0.2) is 0 Å². The highest BCUT2D eigenvalue weighted by Crippen LogP contribution is 2.39. The van der Waals surface area contributed by atoms with Gasteiger partial charge in [0.1, 0.15) is 5.15 Å². The summed E-state index contributed by atoms with van der Waals surface area (Å²) in [7, 11) is 3.68. The van der Waals surface area contributed by atoms with Crippen molar-refractivity contribution < 1.29 is 9.59 Å². The Balaban J connectivity index is 1.95. The van der Waals surface area contributed by atoms with Crippen LogP contribution in [0.15, 0.2) is 30.5 Å². The number of carbonyl (C=O) groups is 2. The van der Waals surface area contributed by atoms with Crippen molar-refractivity contribution in [1.29, 1.82) is 0 Å². The normalized spacial score (nSPS) is 16.2. The number of carbonyl (C=O) groups excluding carboxylic acids is 2. The molecule has 3 rings (SSSR count). The van der Waals surface area contributed by atoms with Gasteiger partial charge < -0.3 is 15.5 Å². The van der Waals surface area contributed by atoms with Gasteiger partial charge in [0, 0.05) is 29.9 Å². The third-order valence-electron chi connectivity index (χ3n) is 4.32. The number of pyridine rings is 1. The largest absolute Gasteiger partial charge is 0.326 e. The quantitative estimate of drug-likeness (QED) is 0.809. The van der Waals surface area contributed by atoms with Gasteiger partial charge in [-0.05, 0) is 49.8 Å². The molecule has 7 heteroatoms. The first-order valence-electron chi connectivity index (χ1n) is 8.34. The molecule has 2 heterocycles. The fraction of sp³-hybridized carbons (Fsp3) is 0.316. The molecule has 1 atom stereocenters. The summed E-state index contributed by atoms with van der Waals surface area (Å²) >= 11 is 5.88. The maximum absolute atomic E-state index is 12.2. The minimum atomic E-state index is -0.0985. The topological polar surface area (TPSA) is 74.3 Å². The Kier molecular flexibility index (Phi) is 5.25. The molecule has 136 valence electrons. The predicted octanol–water partition coefficient (Wildman–Crippen LogP) is 3.02. The number of benzene rings is 1. The van der Waals surface area contributed by atoms with Crippen molar-refractivity contribution in [1.82, 2.24) is 9.88 Å². The molecule has 2 amide bonds. The molecule has 0 aliphatic carbocycles. The molecule has 26 heavy (non-hydrogen) atoms. The smallest absolute Gasteiger partial charge is 0.238 e. The molecule has 6 nitrogen and oxygen atoms in total. The van der Waals surface area contributed by atoms with Gasteiger partial charge in [-0.2, -0.15) is 0 Å². The van der Waals surface area contributed by atoms with Crippen LogP contribution < -0.4 is 10.6 Å². The van der Waals surface area contributed by atoms with Crippen molar-refractivity contribution >= 4 is 34.8 Å². The minimum absolute atomic E-state index is 0.0631. The third kappa shape index (κ3) is 4.03.